The number of nitro groups is 1. The Balaban J connectivity index is 2.41. The van der Waals surface area contributed by atoms with Gasteiger partial charge in [-0.05, 0) is 6.07 Å². The minimum Gasteiger partial charge on any atom is -0.378 e. The van der Waals surface area contributed by atoms with E-state index in [1.165, 1.54) is 0 Å². The van der Waals surface area contributed by atoms with Crippen LogP contribution in [0.5, 0.6) is 0 Å². The number of anilines is 1. The number of rotatable bonds is 2. The summed E-state index contributed by atoms with van der Waals surface area (Å²) in [6.07, 6.45) is -4.60. The van der Waals surface area contributed by atoms with Gasteiger partial charge < -0.3 is 9.64 Å². The van der Waals surface area contributed by atoms with Crippen molar-refractivity contribution >= 4 is 11.4 Å². The molecule has 0 saturated carbocycles. The van der Waals surface area contributed by atoms with Crippen LogP contribution in [-0.2, 0) is 10.9 Å². The summed E-state index contributed by atoms with van der Waals surface area (Å²) in [6.45, 7) is 1.62. The van der Waals surface area contributed by atoms with Gasteiger partial charge in [-0.1, -0.05) is 0 Å². The van der Waals surface area contributed by atoms with Gasteiger partial charge in [-0.3, -0.25) is 10.1 Å². The minimum atomic E-state index is -4.60. The molecule has 1 saturated heterocycles. The first kappa shape index (κ1) is 13.6. The van der Waals surface area contributed by atoms with Gasteiger partial charge in [0.05, 0.1) is 23.7 Å². The average molecular weight is 276 g/mol. The standard InChI is InChI=1S/C11H11F3N2O3/c12-11(13,14)8-5-9(7-10(6-8)16(17)18)15-1-3-19-4-2-15/h5-7H,1-4H2. The van der Waals surface area contributed by atoms with Crippen LogP contribution in [0.15, 0.2) is 18.2 Å². The maximum absolute atomic E-state index is 12.7. The Morgan fingerprint density at radius 1 is 1.21 bits per heavy atom. The first-order chi connectivity index (χ1) is 8.88. The van der Waals surface area contributed by atoms with Crippen LogP contribution in [0.2, 0.25) is 0 Å². The smallest absolute Gasteiger partial charge is 0.378 e. The molecule has 8 heteroatoms. The van der Waals surface area contributed by atoms with Crippen molar-refractivity contribution in [2.45, 2.75) is 6.18 Å². The molecule has 5 nitrogen and oxygen atoms in total. The van der Waals surface area contributed by atoms with Crippen molar-refractivity contribution in [3.05, 3.63) is 33.9 Å². The molecule has 0 bridgehead atoms. The van der Waals surface area contributed by atoms with Crippen LogP contribution < -0.4 is 4.90 Å². The van der Waals surface area contributed by atoms with Crippen LogP contribution >= 0.6 is 0 Å². The van der Waals surface area contributed by atoms with Gasteiger partial charge in [0.2, 0.25) is 0 Å². The number of nitro benzene ring substituents is 1. The Morgan fingerprint density at radius 3 is 2.37 bits per heavy atom. The van der Waals surface area contributed by atoms with Gasteiger partial charge >= 0.3 is 6.18 Å². The number of hydrogen-bond acceptors (Lipinski definition) is 4. The molecule has 0 aliphatic carbocycles. The fraction of sp³-hybridized carbons (Fsp3) is 0.455. The van der Waals surface area contributed by atoms with E-state index in [1.807, 2.05) is 0 Å². The van der Waals surface area contributed by atoms with Crippen molar-refractivity contribution in [3.63, 3.8) is 0 Å². The second-order valence-electron chi connectivity index (χ2n) is 4.09. The third-order valence-corrected chi connectivity index (χ3v) is 2.82. The van der Waals surface area contributed by atoms with E-state index in [0.717, 1.165) is 12.1 Å². The first-order valence-electron chi connectivity index (χ1n) is 5.57. The van der Waals surface area contributed by atoms with E-state index in [4.69, 9.17) is 4.74 Å². The van der Waals surface area contributed by atoms with Gasteiger partial charge in [-0.2, -0.15) is 13.2 Å². The molecular formula is C11H11F3N2O3. The quantitative estimate of drug-likeness (QED) is 0.615. The van der Waals surface area contributed by atoms with E-state index < -0.39 is 22.4 Å². The van der Waals surface area contributed by atoms with Crippen molar-refractivity contribution in [3.8, 4) is 0 Å². The van der Waals surface area contributed by atoms with E-state index in [2.05, 4.69) is 0 Å². The molecule has 0 atom stereocenters. The van der Waals surface area contributed by atoms with Crippen LogP contribution in [0.4, 0.5) is 24.5 Å². The van der Waals surface area contributed by atoms with Crippen LogP contribution in [-0.4, -0.2) is 31.2 Å². The van der Waals surface area contributed by atoms with Crippen molar-refractivity contribution in [1.82, 2.24) is 0 Å². The van der Waals surface area contributed by atoms with E-state index in [9.17, 15) is 23.3 Å². The van der Waals surface area contributed by atoms with Gasteiger partial charge in [0.1, 0.15) is 0 Å². The Kier molecular flexibility index (Phi) is 3.61. The maximum atomic E-state index is 12.7. The van der Waals surface area contributed by atoms with E-state index in [1.54, 1.807) is 4.90 Å². The first-order valence-corrected chi connectivity index (χ1v) is 5.57. The molecular weight excluding hydrogens is 265 g/mol. The highest BCUT2D eigenvalue weighted by Crippen LogP contribution is 2.35. The maximum Gasteiger partial charge on any atom is 0.416 e. The molecule has 0 radical (unpaired) electrons. The van der Waals surface area contributed by atoms with E-state index in [0.29, 0.717) is 32.4 Å². The summed E-state index contributed by atoms with van der Waals surface area (Å²) in [4.78, 5) is 11.5. The molecule has 2 rings (SSSR count). The summed E-state index contributed by atoms with van der Waals surface area (Å²) < 4.78 is 43.2. The molecule has 1 aromatic carbocycles. The van der Waals surface area contributed by atoms with Gasteiger partial charge in [-0.25, -0.2) is 0 Å². The lowest BCUT2D eigenvalue weighted by atomic mass is 10.1. The normalized spacial score (nSPS) is 16.5. The minimum absolute atomic E-state index is 0.199. The Hall–Kier alpha value is -1.83. The fourth-order valence-electron chi connectivity index (χ4n) is 1.87. The lowest BCUT2D eigenvalue weighted by Gasteiger charge is -2.29. The number of alkyl halides is 3. The molecule has 0 spiro atoms. The molecule has 0 aromatic heterocycles. The molecule has 1 aliphatic rings. The van der Waals surface area contributed by atoms with Gasteiger partial charge in [0, 0.05) is 30.9 Å². The predicted molar refractivity (Wildman–Crippen MR) is 61.1 cm³/mol. The number of nitrogens with zero attached hydrogens (tertiary/aromatic N) is 2. The van der Waals surface area contributed by atoms with Crippen LogP contribution in [0, 0.1) is 10.1 Å². The Morgan fingerprint density at radius 2 is 1.84 bits per heavy atom. The summed E-state index contributed by atoms with van der Waals surface area (Å²) in [5.74, 6) is 0. The second kappa shape index (κ2) is 5.04. The summed E-state index contributed by atoms with van der Waals surface area (Å²) >= 11 is 0. The lowest BCUT2D eigenvalue weighted by molar-refractivity contribution is -0.385. The number of benzene rings is 1. The lowest BCUT2D eigenvalue weighted by Crippen LogP contribution is -2.36. The molecule has 0 amide bonds. The number of morpholine rings is 1. The second-order valence-corrected chi connectivity index (χ2v) is 4.09. The SMILES string of the molecule is O=[N+]([O-])c1cc(N2CCOCC2)cc(C(F)(F)F)c1. The van der Waals surface area contributed by atoms with E-state index >= 15 is 0 Å². The number of halogens is 3. The summed E-state index contributed by atoms with van der Waals surface area (Å²) in [7, 11) is 0. The average Bonchev–Trinajstić information content (AvgIpc) is 2.38. The molecule has 1 aliphatic heterocycles. The fourth-order valence-corrected chi connectivity index (χ4v) is 1.87. The van der Waals surface area contributed by atoms with Gasteiger partial charge in [0.25, 0.3) is 5.69 Å². The highest BCUT2D eigenvalue weighted by molar-refractivity contribution is 5.56. The monoisotopic (exact) mass is 276 g/mol. The summed E-state index contributed by atoms with van der Waals surface area (Å²) in [5.41, 5.74) is -1.37. The molecule has 0 N–H and O–H groups in total. The largest absolute Gasteiger partial charge is 0.416 e. The number of ether oxygens (including phenoxy) is 1. The Labute approximate surface area is 106 Å². The van der Waals surface area contributed by atoms with Crippen molar-refractivity contribution in [1.29, 1.82) is 0 Å². The Bertz CT molecular complexity index is 485. The van der Waals surface area contributed by atoms with Gasteiger partial charge in [0.15, 0.2) is 0 Å². The zero-order valence-electron chi connectivity index (χ0n) is 9.81. The van der Waals surface area contributed by atoms with Gasteiger partial charge in [-0.15, -0.1) is 0 Å². The highest BCUT2D eigenvalue weighted by atomic mass is 19.4. The van der Waals surface area contributed by atoms with E-state index in [-0.39, 0.29) is 5.69 Å². The molecule has 104 valence electrons. The number of hydrogen-bond donors (Lipinski definition) is 0. The van der Waals surface area contributed by atoms with Crippen LogP contribution in [0.3, 0.4) is 0 Å². The molecule has 1 fully saturated rings. The third kappa shape index (κ3) is 3.14. The molecule has 1 aromatic rings. The third-order valence-electron chi connectivity index (χ3n) is 2.82. The van der Waals surface area contributed by atoms with Crippen LogP contribution in [0.25, 0.3) is 0 Å². The topological polar surface area (TPSA) is 55.6 Å². The van der Waals surface area contributed by atoms with Crippen molar-refractivity contribution in [2.75, 3.05) is 31.2 Å². The highest BCUT2D eigenvalue weighted by Gasteiger charge is 2.33. The molecule has 0 unspecified atom stereocenters. The number of non-ortho nitro benzene ring substituents is 1. The van der Waals surface area contributed by atoms with Crippen LogP contribution in [0.1, 0.15) is 5.56 Å². The predicted octanol–water partition coefficient (Wildman–Crippen LogP) is 2.45. The zero-order valence-corrected chi connectivity index (χ0v) is 9.81. The van der Waals surface area contributed by atoms with Crippen molar-refractivity contribution < 1.29 is 22.8 Å². The summed E-state index contributed by atoms with van der Waals surface area (Å²) in [5, 5.41) is 10.7. The summed E-state index contributed by atoms with van der Waals surface area (Å²) in [6, 6.07) is 2.63. The molecule has 19 heavy (non-hydrogen) atoms. The van der Waals surface area contributed by atoms with Crippen molar-refractivity contribution in [2.24, 2.45) is 0 Å². The molecule has 1 heterocycles. The zero-order chi connectivity index (χ0) is 14.0.